The van der Waals surface area contributed by atoms with E-state index in [1.54, 1.807) is 42.5 Å². The molecule has 0 bridgehead atoms. The highest BCUT2D eigenvalue weighted by atomic mass is 32.2. The van der Waals surface area contributed by atoms with Gasteiger partial charge in [0.15, 0.2) is 0 Å². The summed E-state index contributed by atoms with van der Waals surface area (Å²) >= 11 is 0. The maximum absolute atomic E-state index is 13.2. The molecule has 0 unspecified atom stereocenters. The van der Waals surface area contributed by atoms with Crippen molar-refractivity contribution in [2.45, 2.75) is 4.90 Å². The smallest absolute Gasteiger partial charge is 0.264 e. The Morgan fingerprint density at radius 2 is 1.23 bits per heavy atom. The second-order valence-corrected chi connectivity index (χ2v) is 8.26. The molecule has 31 heavy (non-hydrogen) atoms. The summed E-state index contributed by atoms with van der Waals surface area (Å²) in [6.07, 6.45) is 0. The lowest BCUT2D eigenvalue weighted by Crippen LogP contribution is -2.36. The van der Waals surface area contributed by atoms with Gasteiger partial charge in [0, 0.05) is 16.8 Å². The zero-order valence-electron chi connectivity index (χ0n) is 15.9. The number of Topliss-reactive ketones (excluding diaryl/α,β-unsaturated/α-hetero) is 2. The highest BCUT2D eigenvalue weighted by Crippen LogP contribution is 2.29. The van der Waals surface area contributed by atoms with Crippen LogP contribution in [0.5, 0.6) is 0 Å². The predicted molar refractivity (Wildman–Crippen MR) is 114 cm³/mol. The first-order chi connectivity index (χ1) is 14.9. The lowest BCUT2D eigenvalue weighted by Gasteiger charge is -2.23. The largest absolute Gasteiger partial charge is 0.350 e. The first-order valence-electron chi connectivity index (χ1n) is 9.12. The highest BCUT2D eigenvalue weighted by molar-refractivity contribution is 7.89. The molecule has 0 atom stereocenters. The van der Waals surface area contributed by atoms with Gasteiger partial charge in [0.2, 0.25) is 11.6 Å². The Kier molecular flexibility index (Phi) is 5.18. The molecular weight excluding hydrogens is 418 g/mol. The van der Waals surface area contributed by atoms with E-state index in [2.05, 4.69) is 15.2 Å². The van der Waals surface area contributed by atoms with E-state index < -0.39 is 32.2 Å². The van der Waals surface area contributed by atoms with E-state index in [1.807, 2.05) is 0 Å². The van der Waals surface area contributed by atoms with Crippen LogP contribution in [0.3, 0.4) is 0 Å². The van der Waals surface area contributed by atoms with Crippen LogP contribution < -0.4 is 10.0 Å². The van der Waals surface area contributed by atoms with Crippen LogP contribution in [0, 0.1) is 4.91 Å². The number of nitrogens with one attached hydrogen (secondary N) is 2. The number of anilines is 1. The molecule has 9 heteroatoms. The predicted octanol–water partition coefficient (Wildman–Crippen LogP) is 3.77. The molecular formula is C22H15N3O5S. The van der Waals surface area contributed by atoms with Crippen molar-refractivity contribution in [2.75, 3.05) is 5.32 Å². The standard InChI is InChI=1S/C22H15N3O5S/c26-21-15-10-4-5-11-16(15)22(27)20(19(21)23-14-8-2-1-3-9-14)25-31(29,30)18-13-7-6-12-17(18)24-28/h1-13,23,25H. The third kappa shape index (κ3) is 3.74. The van der Waals surface area contributed by atoms with Crippen LogP contribution in [0.15, 0.2) is 100 Å². The summed E-state index contributed by atoms with van der Waals surface area (Å²) in [4.78, 5) is 37.0. The van der Waals surface area contributed by atoms with Gasteiger partial charge >= 0.3 is 0 Å². The van der Waals surface area contributed by atoms with Crippen LogP contribution in [0.4, 0.5) is 11.4 Å². The molecule has 4 rings (SSSR count). The number of carbonyl (C=O) groups excluding carboxylic acids is 2. The molecule has 0 spiro atoms. The third-order valence-electron chi connectivity index (χ3n) is 4.65. The van der Waals surface area contributed by atoms with Gasteiger partial charge in [0.1, 0.15) is 22.0 Å². The number of carbonyl (C=O) groups is 2. The second-order valence-electron chi connectivity index (χ2n) is 6.61. The summed E-state index contributed by atoms with van der Waals surface area (Å²) in [5.41, 5.74) is -0.245. The first kappa shape index (κ1) is 20.2. The van der Waals surface area contributed by atoms with Crippen molar-refractivity contribution in [3.8, 4) is 0 Å². The Morgan fingerprint density at radius 1 is 0.677 bits per heavy atom. The minimum absolute atomic E-state index is 0.0746. The van der Waals surface area contributed by atoms with Gasteiger partial charge in [-0.2, -0.15) is 0 Å². The van der Waals surface area contributed by atoms with E-state index in [4.69, 9.17) is 0 Å². The van der Waals surface area contributed by atoms with E-state index in [0.29, 0.717) is 5.69 Å². The lowest BCUT2D eigenvalue weighted by molar-refractivity contribution is 0.0972. The van der Waals surface area contributed by atoms with Gasteiger partial charge in [-0.1, -0.05) is 54.6 Å². The fourth-order valence-electron chi connectivity index (χ4n) is 3.21. The molecule has 1 aliphatic carbocycles. The fourth-order valence-corrected chi connectivity index (χ4v) is 4.42. The molecule has 0 amide bonds. The van der Waals surface area contributed by atoms with Crippen molar-refractivity contribution in [1.29, 1.82) is 0 Å². The molecule has 3 aromatic rings. The Morgan fingerprint density at radius 3 is 1.87 bits per heavy atom. The molecule has 1 aliphatic rings. The van der Waals surface area contributed by atoms with Crippen molar-refractivity contribution in [2.24, 2.45) is 5.18 Å². The Balaban J connectivity index is 1.86. The average molecular weight is 433 g/mol. The van der Waals surface area contributed by atoms with Gasteiger partial charge in [-0.15, -0.1) is 4.91 Å². The molecule has 0 aromatic heterocycles. The number of fused-ring (bicyclic) bond motifs is 1. The molecule has 0 radical (unpaired) electrons. The van der Waals surface area contributed by atoms with Gasteiger partial charge in [0.05, 0.1) is 0 Å². The van der Waals surface area contributed by atoms with Crippen molar-refractivity contribution < 1.29 is 18.0 Å². The maximum Gasteiger partial charge on any atom is 0.264 e. The number of benzene rings is 3. The van der Waals surface area contributed by atoms with Crippen LogP contribution >= 0.6 is 0 Å². The summed E-state index contributed by atoms with van der Waals surface area (Å²) in [5.74, 6) is -1.22. The second kappa shape index (κ2) is 7.96. The van der Waals surface area contributed by atoms with Crippen LogP contribution in [-0.4, -0.2) is 20.0 Å². The molecule has 0 saturated heterocycles. The van der Waals surface area contributed by atoms with Gasteiger partial charge in [-0.3, -0.25) is 14.3 Å². The number of allylic oxidation sites excluding steroid dienone is 2. The molecule has 0 heterocycles. The number of ketones is 2. The Bertz CT molecular complexity index is 1350. The van der Waals surface area contributed by atoms with Crippen molar-refractivity contribution in [3.05, 3.63) is 106 Å². The zero-order valence-corrected chi connectivity index (χ0v) is 16.7. The summed E-state index contributed by atoms with van der Waals surface area (Å²) in [6, 6.07) is 20.0. The number of rotatable bonds is 6. The SMILES string of the molecule is O=Nc1ccccc1S(=O)(=O)NC1=C(Nc2ccccc2)C(=O)c2ccccc2C1=O. The normalized spacial score (nSPS) is 13.5. The molecule has 0 saturated carbocycles. The molecule has 2 N–H and O–H groups in total. The van der Waals surface area contributed by atoms with E-state index in [1.165, 1.54) is 36.4 Å². The minimum atomic E-state index is -4.40. The molecule has 0 aliphatic heterocycles. The number of nitroso groups, excluding NO2 is 1. The van der Waals surface area contributed by atoms with Gasteiger partial charge in [0.25, 0.3) is 10.0 Å². The van der Waals surface area contributed by atoms with E-state index >= 15 is 0 Å². The molecule has 154 valence electrons. The fraction of sp³-hybridized carbons (Fsp3) is 0. The Labute approximate surface area is 177 Å². The van der Waals surface area contributed by atoms with E-state index in [-0.39, 0.29) is 22.5 Å². The lowest BCUT2D eigenvalue weighted by atomic mass is 9.90. The minimum Gasteiger partial charge on any atom is -0.350 e. The number of hydrogen-bond donors (Lipinski definition) is 2. The summed E-state index contributed by atoms with van der Waals surface area (Å²) in [6.45, 7) is 0. The number of nitrogens with zero attached hydrogens (tertiary/aromatic N) is 1. The van der Waals surface area contributed by atoms with Crippen LogP contribution in [-0.2, 0) is 10.0 Å². The third-order valence-corrected chi connectivity index (χ3v) is 6.05. The van der Waals surface area contributed by atoms with Gasteiger partial charge in [-0.25, -0.2) is 8.42 Å². The number of para-hydroxylation sites is 1. The maximum atomic E-state index is 13.2. The van der Waals surface area contributed by atoms with Crippen molar-refractivity contribution in [3.63, 3.8) is 0 Å². The highest BCUT2D eigenvalue weighted by Gasteiger charge is 2.35. The van der Waals surface area contributed by atoms with Crippen molar-refractivity contribution >= 4 is 33.0 Å². The van der Waals surface area contributed by atoms with Crippen LogP contribution in [0.2, 0.25) is 0 Å². The number of hydrogen-bond acceptors (Lipinski definition) is 7. The van der Waals surface area contributed by atoms with Gasteiger partial charge in [-0.05, 0) is 29.4 Å². The monoisotopic (exact) mass is 433 g/mol. The quantitative estimate of drug-likeness (QED) is 0.571. The average Bonchev–Trinajstić information content (AvgIpc) is 2.80. The molecule has 8 nitrogen and oxygen atoms in total. The topological polar surface area (TPSA) is 122 Å². The molecule has 0 fully saturated rings. The van der Waals surface area contributed by atoms with Crippen LogP contribution in [0.25, 0.3) is 0 Å². The van der Waals surface area contributed by atoms with E-state index in [0.717, 1.165) is 0 Å². The van der Waals surface area contributed by atoms with E-state index in [9.17, 15) is 22.9 Å². The Hall–Kier alpha value is -4.11. The van der Waals surface area contributed by atoms with Crippen LogP contribution in [0.1, 0.15) is 20.7 Å². The summed E-state index contributed by atoms with van der Waals surface area (Å²) in [5, 5.41) is 5.59. The van der Waals surface area contributed by atoms with Gasteiger partial charge < -0.3 is 5.32 Å². The molecule has 3 aromatic carbocycles. The van der Waals surface area contributed by atoms with Crippen molar-refractivity contribution in [1.82, 2.24) is 4.72 Å². The zero-order chi connectivity index (χ0) is 22.0. The summed E-state index contributed by atoms with van der Waals surface area (Å²) in [7, 11) is -4.40. The summed E-state index contributed by atoms with van der Waals surface area (Å²) < 4.78 is 28.2. The first-order valence-corrected chi connectivity index (χ1v) is 10.6. The number of sulfonamides is 1.